The van der Waals surface area contributed by atoms with Gasteiger partial charge in [0.05, 0.1) is 29.5 Å². The second-order valence-electron chi connectivity index (χ2n) is 7.68. The second-order valence-corrected chi connectivity index (χ2v) is 7.68. The molecule has 1 aromatic carbocycles. The predicted octanol–water partition coefficient (Wildman–Crippen LogP) is 2.69. The molecular formula is C24H24N4O2. The Kier molecular flexibility index (Phi) is 5.92. The number of hydrogen-bond acceptors (Lipinski definition) is 4. The van der Waals surface area contributed by atoms with Crippen LogP contribution in [0.5, 0.6) is 0 Å². The Morgan fingerprint density at radius 1 is 1.20 bits per heavy atom. The minimum atomic E-state index is -0.639. The molecule has 1 amide bonds. The lowest BCUT2D eigenvalue weighted by atomic mass is 10.1. The molecule has 3 aromatic rings. The minimum Gasteiger partial charge on any atom is -0.391 e. The van der Waals surface area contributed by atoms with Crippen LogP contribution in [0, 0.1) is 11.8 Å². The summed E-state index contributed by atoms with van der Waals surface area (Å²) in [5.74, 6) is 5.94. The number of rotatable bonds is 6. The van der Waals surface area contributed by atoms with Gasteiger partial charge in [-0.3, -0.25) is 14.5 Å². The quantitative estimate of drug-likeness (QED) is 0.646. The van der Waals surface area contributed by atoms with Crippen molar-refractivity contribution in [3.63, 3.8) is 0 Å². The third-order valence-electron chi connectivity index (χ3n) is 5.00. The van der Waals surface area contributed by atoms with Crippen molar-refractivity contribution in [2.45, 2.75) is 31.4 Å². The van der Waals surface area contributed by atoms with E-state index in [-0.39, 0.29) is 12.5 Å². The van der Waals surface area contributed by atoms with E-state index in [4.69, 9.17) is 0 Å². The van der Waals surface area contributed by atoms with E-state index in [1.165, 1.54) is 23.9 Å². The van der Waals surface area contributed by atoms with E-state index in [0.29, 0.717) is 23.6 Å². The van der Waals surface area contributed by atoms with Gasteiger partial charge in [-0.25, -0.2) is 0 Å². The maximum Gasteiger partial charge on any atom is 0.255 e. The Labute approximate surface area is 176 Å². The summed E-state index contributed by atoms with van der Waals surface area (Å²) in [4.78, 5) is 18.4. The number of benzene rings is 1. The van der Waals surface area contributed by atoms with Crippen LogP contribution in [0.3, 0.4) is 0 Å². The zero-order chi connectivity index (χ0) is 20.9. The predicted molar refractivity (Wildman–Crippen MR) is 114 cm³/mol. The number of aliphatic hydroxyl groups excluding tert-OH is 1. The van der Waals surface area contributed by atoms with Gasteiger partial charge in [0.15, 0.2) is 0 Å². The van der Waals surface area contributed by atoms with E-state index in [2.05, 4.69) is 21.9 Å². The topological polar surface area (TPSA) is 71.2 Å². The van der Waals surface area contributed by atoms with Crippen LogP contribution >= 0.6 is 0 Å². The fourth-order valence-corrected chi connectivity index (χ4v) is 3.28. The van der Waals surface area contributed by atoms with Gasteiger partial charge in [0.2, 0.25) is 0 Å². The van der Waals surface area contributed by atoms with Gasteiger partial charge >= 0.3 is 0 Å². The number of pyridine rings is 1. The van der Waals surface area contributed by atoms with Crippen molar-refractivity contribution in [3.8, 4) is 11.8 Å². The molecule has 0 spiro atoms. The van der Waals surface area contributed by atoms with Crippen molar-refractivity contribution in [2.75, 3.05) is 13.6 Å². The van der Waals surface area contributed by atoms with Gasteiger partial charge in [0, 0.05) is 44.2 Å². The zero-order valence-corrected chi connectivity index (χ0v) is 16.9. The van der Waals surface area contributed by atoms with Crippen LogP contribution in [0.1, 0.15) is 45.9 Å². The highest BCUT2D eigenvalue weighted by atomic mass is 16.3. The standard InChI is InChI=1S/C24H24N4O2/c1-27(17-23(29)12-18-5-3-2-4-6-18)24(30)21-11-19(13-25-15-21)7-8-20-14-26-28(16-20)22-9-10-22/h2-6,11,13-16,22-23,29H,9-10,12,17H2,1H3. The smallest absolute Gasteiger partial charge is 0.255 e. The summed E-state index contributed by atoms with van der Waals surface area (Å²) >= 11 is 0. The second kappa shape index (κ2) is 8.93. The summed E-state index contributed by atoms with van der Waals surface area (Å²) < 4.78 is 1.96. The Morgan fingerprint density at radius 2 is 1.97 bits per heavy atom. The van der Waals surface area contributed by atoms with E-state index in [1.807, 2.05) is 41.2 Å². The average molecular weight is 400 g/mol. The first-order chi connectivity index (χ1) is 14.6. The highest BCUT2D eigenvalue weighted by Crippen LogP contribution is 2.33. The number of amides is 1. The third kappa shape index (κ3) is 5.13. The Morgan fingerprint density at radius 3 is 2.73 bits per heavy atom. The largest absolute Gasteiger partial charge is 0.391 e. The zero-order valence-electron chi connectivity index (χ0n) is 16.9. The number of hydrogen-bond donors (Lipinski definition) is 1. The summed E-state index contributed by atoms with van der Waals surface area (Å²) in [6.45, 7) is 0.240. The molecule has 0 radical (unpaired) electrons. The summed E-state index contributed by atoms with van der Waals surface area (Å²) in [5.41, 5.74) is 3.00. The fourth-order valence-electron chi connectivity index (χ4n) is 3.28. The van der Waals surface area contributed by atoms with E-state index in [9.17, 15) is 9.90 Å². The molecular weight excluding hydrogens is 376 g/mol. The molecule has 1 atom stereocenters. The minimum absolute atomic E-state index is 0.195. The first-order valence-corrected chi connectivity index (χ1v) is 10.1. The van der Waals surface area contributed by atoms with Gasteiger partial charge in [0.1, 0.15) is 0 Å². The molecule has 4 rings (SSSR count). The van der Waals surface area contributed by atoms with Gasteiger partial charge in [0.25, 0.3) is 5.91 Å². The van der Waals surface area contributed by atoms with Crippen LogP contribution in [-0.4, -0.2) is 50.4 Å². The molecule has 6 nitrogen and oxygen atoms in total. The van der Waals surface area contributed by atoms with Gasteiger partial charge < -0.3 is 10.0 Å². The maximum atomic E-state index is 12.8. The van der Waals surface area contributed by atoms with E-state index in [1.54, 1.807) is 25.5 Å². The number of carbonyl (C=O) groups is 1. The molecule has 2 aromatic heterocycles. The molecule has 0 saturated heterocycles. The molecule has 1 aliphatic rings. The van der Waals surface area contributed by atoms with E-state index < -0.39 is 6.10 Å². The van der Waals surface area contributed by atoms with Crippen molar-refractivity contribution in [3.05, 3.63) is 83.4 Å². The number of nitrogens with zero attached hydrogens (tertiary/aromatic N) is 4. The maximum absolute atomic E-state index is 12.8. The van der Waals surface area contributed by atoms with Crippen LogP contribution in [0.15, 0.2) is 61.2 Å². The molecule has 1 N–H and O–H groups in total. The van der Waals surface area contributed by atoms with Crippen LogP contribution in [0.25, 0.3) is 0 Å². The molecule has 1 aliphatic carbocycles. The molecule has 2 heterocycles. The summed E-state index contributed by atoms with van der Waals surface area (Å²) in [5, 5.41) is 14.7. The Balaban J connectivity index is 1.38. The number of likely N-dealkylation sites (N-methyl/N-ethyl adjacent to an activating group) is 1. The SMILES string of the molecule is CN(CC(O)Cc1ccccc1)C(=O)c1cncc(C#Cc2cnn(C3CC3)c2)c1. The van der Waals surface area contributed by atoms with E-state index in [0.717, 1.165) is 11.1 Å². The summed E-state index contributed by atoms with van der Waals surface area (Å²) in [7, 11) is 1.68. The van der Waals surface area contributed by atoms with Crippen LogP contribution in [-0.2, 0) is 6.42 Å². The first-order valence-electron chi connectivity index (χ1n) is 10.1. The first kappa shape index (κ1) is 19.9. The highest BCUT2D eigenvalue weighted by Gasteiger charge is 2.23. The lowest BCUT2D eigenvalue weighted by molar-refractivity contribution is 0.0681. The fraction of sp³-hybridized carbons (Fsp3) is 0.292. The van der Waals surface area contributed by atoms with Crippen molar-refractivity contribution < 1.29 is 9.90 Å². The van der Waals surface area contributed by atoms with Crippen molar-refractivity contribution in [2.24, 2.45) is 0 Å². The third-order valence-corrected chi connectivity index (χ3v) is 5.00. The molecule has 30 heavy (non-hydrogen) atoms. The molecule has 1 saturated carbocycles. The van der Waals surface area contributed by atoms with E-state index >= 15 is 0 Å². The molecule has 1 fully saturated rings. The van der Waals surface area contributed by atoms with Gasteiger partial charge in [-0.05, 0) is 24.5 Å². The Hall–Kier alpha value is -3.43. The normalized spacial score (nSPS) is 13.9. The lowest BCUT2D eigenvalue weighted by Gasteiger charge is -2.21. The molecule has 0 bridgehead atoms. The van der Waals surface area contributed by atoms with Crippen molar-refractivity contribution in [1.82, 2.24) is 19.7 Å². The highest BCUT2D eigenvalue weighted by molar-refractivity contribution is 5.94. The molecule has 1 unspecified atom stereocenters. The summed E-state index contributed by atoms with van der Waals surface area (Å²) in [6.07, 6.45) is 9.09. The van der Waals surface area contributed by atoms with Gasteiger partial charge in [-0.2, -0.15) is 5.10 Å². The number of carbonyl (C=O) groups excluding carboxylic acids is 1. The van der Waals surface area contributed by atoms with Gasteiger partial charge in [-0.15, -0.1) is 0 Å². The monoisotopic (exact) mass is 400 g/mol. The van der Waals surface area contributed by atoms with Crippen molar-refractivity contribution in [1.29, 1.82) is 0 Å². The average Bonchev–Trinajstić information content (AvgIpc) is 3.50. The molecule has 6 heteroatoms. The Bertz CT molecular complexity index is 1080. The number of aromatic nitrogens is 3. The van der Waals surface area contributed by atoms with Crippen LogP contribution in [0.2, 0.25) is 0 Å². The van der Waals surface area contributed by atoms with Crippen LogP contribution in [0.4, 0.5) is 0 Å². The number of aliphatic hydroxyl groups is 1. The molecule has 0 aliphatic heterocycles. The lowest BCUT2D eigenvalue weighted by Crippen LogP contribution is -2.35. The van der Waals surface area contributed by atoms with Gasteiger partial charge in [-0.1, -0.05) is 42.2 Å². The molecule has 152 valence electrons. The summed E-state index contributed by atoms with van der Waals surface area (Å²) in [6, 6.07) is 12.0. The van der Waals surface area contributed by atoms with Crippen molar-refractivity contribution >= 4 is 5.91 Å². The van der Waals surface area contributed by atoms with Crippen LogP contribution < -0.4 is 0 Å².